The fourth-order valence-corrected chi connectivity index (χ4v) is 1.41. The summed E-state index contributed by atoms with van der Waals surface area (Å²) in [7, 11) is 0. The van der Waals surface area contributed by atoms with Gasteiger partial charge in [0, 0.05) is 11.6 Å². The standard InChI is InChI=1S/C8H10BrNO/c1-2-3-7(10)6-4-5-11-8(6)9/h2,4-5,7H,1,3,10H2. The fourth-order valence-electron chi connectivity index (χ4n) is 0.877. The quantitative estimate of drug-likeness (QED) is 0.788. The molecule has 1 rings (SSSR count). The van der Waals surface area contributed by atoms with E-state index in [2.05, 4.69) is 22.5 Å². The van der Waals surface area contributed by atoms with E-state index in [1.165, 1.54) is 0 Å². The van der Waals surface area contributed by atoms with Crippen molar-refractivity contribution in [2.24, 2.45) is 5.73 Å². The molecule has 11 heavy (non-hydrogen) atoms. The van der Waals surface area contributed by atoms with Crippen molar-refractivity contribution in [2.75, 3.05) is 0 Å². The van der Waals surface area contributed by atoms with Crippen molar-refractivity contribution in [3.05, 3.63) is 35.2 Å². The van der Waals surface area contributed by atoms with Crippen molar-refractivity contribution in [3.8, 4) is 0 Å². The second-order valence-corrected chi connectivity index (χ2v) is 3.00. The summed E-state index contributed by atoms with van der Waals surface area (Å²) in [5.41, 5.74) is 6.78. The van der Waals surface area contributed by atoms with Gasteiger partial charge in [-0.25, -0.2) is 0 Å². The molecule has 1 aromatic heterocycles. The Kier molecular flexibility index (Phi) is 2.91. The summed E-state index contributed by atoms with van der Waals surface area (Å²) in [5.74, 6) is 0. The van der Waals surface area contributed by atoms with Gasteiger partial charge in [0.05, 0.1) is 6.26 Å². The third-order valence-corrected chi connectivity index (χ3v) is 2.11. The average molecular weight is 216 g/mol. The molecule has 0 radical (unpaired) electrons. The average Bonchev–Trinajstić information content (AvgIpc) is 2.36. The zero-order valence-electron chi connectivity index (χ0n) is 6.09. The van der Waals surface area contributed by atoms with Crippen molar-refractivity contribution in [2.45, 2.75) is 12.5 Å². The first-order chi connectivity index (χ1) is 5.25. The molecule has 1 heterocycles. The second-order valence-electron chi connectivity index (χ2n) is 2.28. The molecule has 1 aromatic rings. The van der Waals surface area contributed by atoms with Gasteiger partial charge in [-0.05, 0) is 28.4 Å². The Hall–Kier alpha value is -0.540. The molecule has 0 saturated heterocycles. The van der Waals surface area contributed by atoms with Crippen molar-refractivity contribution < 1.29 is 4.42 Å². The van der Waals surface area contributed by atoms with Crippen LogP contribution in [0.2, 0.25) is 0 Å². The molecule has 0 aliphatic rings. The normalized spacial score (nSPS) is 12.9. The summed E-state index contributed by atoms with van der Waals surface area (Å²) in [4.78, 5) is 0. The van der Waals surface area contributed by atoms with E-state index in [4.69, 9.17) is 10.2 Å². The van der Waals surface area contributed by atoms with Crippen LogP contribution in [0.4, 0.5) is 0 Å². The molecule has 2 nitrogen and oxygen atoms in total. The van der Waals surface area contributed by atoms with Gasteiger partial charge >= 0.3 is 0 Å². The Labute approximate surface area is 74.2 Å². The van der Waals surface area contributed by atoms with Crippen LogP contribution < -0.4 is 5.73 Å². The van der Waals surface area contributed by atoms with Crippen LogP contribution in [0, 0.1) is 0 Å². The van der Waals surface area contributed by atoms with Crippen LogP contribution in [0.15, 0.2) is 34.1 Å². The molecule has 3 heteroatoms. The molecule has 0 bridgehead atoms. The topological polar surface area (TPSA) is 39.2 Å². The molecule has 0 saturated carbocycles. The molecule has 0 aromatic carbocycles. The molecule has 60 valence electrons. The first kappa shape index (κ1) is 8.56. The summed E-state index contributed by atoms with van der Waals surface area (Å²) < 4.78 is 5.75. The summed E-state index contributed by atoms with van der Waals surface area (Å²) in [6.07, 6.45) is 4.17. The third-order valence-electron chi connectivity index (χ3n) is 1.47. The maximum Gasteiger partial charge on any atom is 0.173 e. The van der Waals surface area contributed by atoms with E-state index in [9.17, 15) is 0 Å². The molecule has 1 atom stereocenters. The molecule has 0 spiro atoms. The molecule has 0 fully saturated rings. The van der Waals surface area contributed by atoms with Crippen LogP contribution in [0.25, 0.3) is 0 Å². The number of hydrogen-bond acceptors (Lipinski definition) is 2. The van der Waals surface area contributed by atoms with Crippen LogP contribution in [-0.4, -0.2) is 0 Å². The van der Waals surface area contributed by atoms with Crippen molar-refractivity contribution in [3.63, 3.8) is 0 Å². The maximum absolute atomic E-state index is 5.79. The number of halogens is 1. The van der Waals surface area contributed by atoms with Gasteiger partial charge in [-0.2, -0.15) is 0 Å². The van der Waals surface area contributed by atoms with Crippen LogP contribution >= 0.6 is 15.9 Å². The summed E-state index contributed by atoms with van der Waals surface area (Å²) >= 11 is 3.26. The summed E-state index contributed by atoms with van der Waals surface area (Å²) in [5, 5.41) is 0. The van der Waals surface area contributed by atoms with E-state index in [1.807, 2.05) is 6.07 Å². The van der Waals surface area contributed by atoms with E-state index in [1.54, 1.807) is 12.3 Å². The van der Waals surface area contributed by atoms with Crippen molar-refractivity contribution in [1.82, 2.24) is 0 Å². The minimum Gasteiger partial charge on any atom is -0.457 e. The van der Waals surface area contributed by atoms with Gasteiger partial charge in [-0.3, -0.25) is 0 Å². The van der Waals surface area contributed by atoms with Crippen LogP contribution in [0.5, 0.6) is 0 Å². The molecule has 0 aliphatic heterocycles. The predicted octanol–water partition coefficient (Wildman–Crippen LogP) is 2.62. The molecule has 1 unspecified atom stereocenters. The van der Waals surface area contributed by atoms with E-state index in [0.29, 0.717) is 4.67 Å². The molecule has 2 N–H and O–H groups in total. The first-order valence-corrected chi connectivity index (χ1v) is 4.14. The zero-order chi connectivity index (χ0) is 8.27. The third kappa shape index (κ3) is 1.94. The number of rotatable bonds is 3. The van der Waals surface area contributed by atoms with E-state index in [0.717, 1.165) is 12.0 Å². The predicted molar refractivity (Wildman–Crippen MR) is 48.2 cm³/mol. The van der Waals surface area contributed by atoms with Crippen LogP contribution in [-0.2, 0) is 0 Å². The Balaban J connectivity index is 2.74. The van der Waals surface area contributed by atoms with Crippen molar-refractivity contribution >= 4 is 15.9 Å². The molecule has 0 amide bonds. The lowest BCUT2D eigenvalue weighted by Gasteiger charge is -2.05. The first-order valence-electron chi connectivity index (χ1n) is 3.35. The molecule has 0 aliphatic carbocycles. The highest BCUT2D eigenvalue weighted by atomic mass is 79.9. The van der Waals surface area contributed by atoms with Crippen LogP contribution in [0.3, 0.4) is 0 Å². The molecular weight excluding hydrogens is 206 g/mol. The largest absolute Gasteiger partial charge is 0.457 e. The molecular formula is C8H10BrNO. The Morgan fingerprint density at radius 2 is 2.55 bits per heavy atom. The highest BCUT2D eigenvalue weighted by Crippen LogP contribution is 2.24. The highest BCUT2D eigenvalue weighted by molar-refractivity contribution is 9.10. The van der Waals surface area contributed by atoms with Gasteiger partial charge < -0.3 is 10.2 Å². The lowest BCUT2D eigenvalue weighted by atomic mass is 10.1. The highest BCUT2D eigenvalue weighted by Gasteiger charge is 2.09. The van der Waals surface area contributed by atoms with E-state index >= 15 is 0 Å². The van der Waals surface area contributed by atoms with Gasteiger partial charge in [0.1, 0.15) is 0 Å². The number of nitrogens with two attached hydrogens (primary N) is 1. The Morgan fingerprint density at radius 1 is 1.82 bits per heavy atom. The second kappa shape index (κ2) is 3.74. The minimum absolute atomic E-state index is 0.0133. The monoisotopic (exact) mass is 215 g/mol. The SMILES string of the molecule is C=CCC(N)c1ccoc1Br. The lowest BCUT2D eigenvalue weighted by molar-refractivity contribution is 0.531. The fraction of sp³-hybridized carbons (Fsp3) is 0.250. The lowest BCUT2D eigenvalue weighted by Crippen LogP contribution is -2.08. The minimum atomic E-state index is -0.0133. The number of hydrogen-bond donors (Lipinski definition) is 1. The van der Waals surface area contributed by atoms with Gasteiger partial charge in [0.15, 0.2) is 4.67 Å². The van der Waals surface area contributed by atoms with Gasteiger partial charge in [0.25, 0.3) is 0 Å². The smallest absolute Gasteiger partial charge is 0.173 e. The summed E-state index contributed by atoms with van der Waals surface area (Å²) in [6.45, 7) is 3.61. The maximum atomic E-state index is 5.79. The van der Waals surface area contributed by atoms with Gasteiger partial charge in [-0.1, -0.05) is 6.08 Å². The Morgan fingerprint density at radius 3 is 3.00 bits per heavy atom. The van der Waals surface area contributed by atoms with E-state index in [-0.39, 0.29) is 6.04 Å². The van der Waals surface area contributed by atoms with Crippen LogP contribution in [0.1, 0.15) is 18.0 Å². The Bertz CT molecular complexity index is 244. The number of furan rings is 1. The van der Waals surface area contributed by atoms with Crippen molar-refractivity contribution in [1.29, 1.82) is 0 Å². The van der Waals surface area contributed by atoms with E-state index < -0.39 is 0 Å². The van der Waals surface area contributed by atoms with Gasteiger partial charge in [-0.15, -0.1) is 6.58 Å². The summed E-state index contributed by atoms with van der Waals surface area (Å²) in [6, 6.07) is 1.85. The van der Waals surface area contributed by atoms with Gasteiger partial charge in [0.2, 0.25) is 0 Å². The zero-order valence-corrected chi connectivity index (χ0v) is 7.67.